The summed E-state index contributed by atoms with van der Waals surface area (Å²) in [5, 5.41) is 0.684. The lowest BCUT2D eigenvalue weighted by Crippen LogP contribution is -2.18. The average molecular weight is 353 g/mol. The fourth-order valence-corrected chi connectivity index (χ4v) is 2.44. The van der Waals surface area contributed by atoms with Crippen molar-refractivity contribution in [3.63, 3.8) is 0 Å². The Balaban J connectivity index is 1.91. The minimum atomic E-state index is 0.672. The van der Waals surface area contributed by atoms with Crippen molar-refractivity contribution in [2.45, 2.75) is 6.54 Å². The van der Waals surface area contributed by atoms with E-state index in [-0.39, 0.29) is 0 Å². The first-order valence-corrected chi connectivity index (χ1v) is 7.11. The lowest BCUT2D eigenvalue weighted by atomic mass is 10.4. The predicted molar refractivity (Wildman–Crippen MR) is 82.0 cm³/mol. The van der Waals surface area contributed by atoms with E-state index in [2.05, 4.69) is 30.9 Å². The van der Waals surface area contributed by atoms with Crippen molar-refractivity contribution in [1.82, 2.24) is 19.4 Å². The van der Waals surface area contributed by atoms with E-state index in [4.69, 9.17) is 11.6 Å². The molecule has 0 aromatic carbocycles. The van der Waals surface area contributed by atoms with Crippen molar-refractivity contribution in [3.8, 4) is 0 Å². The Morgan fingerprint density at radius 3 is 2.95 bits per heavy atom. The van der Waals surface area contributed by atoms with E-state index in [1.54, 1.807) is 0 Å². The maximum atomic E-state index is 6.03. The first-order valence-electron chi connectivity index (χ1n) is 5.93. The number of aromatic nitrogens is 4. The van der Waals surface area contributed by atoms with E-state index >= 15 is 0 Å². The number of fused-ring (bicyclic) bond motifs is 1. The molecule has 7 heteroatoms. The molecule has 0 fully saturated rings. The summed E-state index contributed by atoms with van der Waals surface area (Å²) in [5.41, 5.74) is 1.92. The Hall–Kier alpha value is -1.66. The second kappa shape index (κ2) is 5.38. The van der Waals surface area contributed by atoms with Crippen LogP contribution in [-0.4, -0.2) is 26.4 Å². The standard InChI is InChI=1S/C13H11BrClN5/c1-19(13-4-11(14)17-8-18-13)7-10-5-16-12-3-2-9(15)6-20(10)12/h2-6,8H,7H2,1H3. The van der Waals surface area contributed by atoms with Crippen LogP contribution in [0.3, 0.4) is 0 Å². The summed E-state index contributed by atoms with van der Waals surface area (Å²) in [4.78, 5) is 14.7. The van der Waals surface area contributed by atoms with Crippen molar-refractivity contribution < 1.29 is 0 Å². The third-order valence-corrected chi connectivity index (χ3v) is 3.61. The Bertz CT molecular complexity index is 757. The van der Waals surface area contributed by atoms with Gasteiger partial charge in [0.25, 0.3) is 0 Å². The van der Waals surface area contributed by atoms with E-state index < -0.39 is 0 Å². The molecule has 0 N–H and O–H groups in total. The lowest BCUT2D eigenvalue weighted by molar-refractivity contribution is 0.848. The van der Waals surface area contributed by atoms with E-state index in [9.17, 15) is 0 Å². The normalized spacial score (nSPS) is 10.9. The number of anilines is 1. The molecule has 0 spiro atoms. The van der Waals surface area contributed by atoms with Gasteiger partial charge in [0.15, 0.2) is 0 Å². The van der Waals surface area contributed by atoms with E-state index in [1.165, 1.54) is 6.33 Å². The Kier molecular flexibility index (Phi) is 3.58. The number of pyridine rings is 1. The van der Waals surface area contributed by atoms with Crippen molar-refractivity contribution in [2.24, 2.45) is 0 Å². The molecule has 0 aliphatic heterocycles. The van der Waals surface area contributed by atoms with Crippen LogP contribution >= 0.6 is 27.5 Å². The summed E-state index contributed by atoms with van der Waals surface area (Å²) in [7, 11) is 1.97. The molecule has 0 unspecified atom stereocenters. The van der Waals surface area contributed by atoms with E-state index in [0.29, 0.717) is 11.6 Å². The molecule has 0 aliphatic carbocycles. The smallest absolute Gasteiger partial charge is 0.137 e. The number of hydrogen-bond acceptors (Lipinski definition) is 4. The largest absolute Gasteiger partial charge is 0.354 e. The molecule has 3 aromatic rings. The SMILES string of the molecule is CN(Cc1cnc2ccc(Cl)cn12)c1cc(Br)ncn1. The zero-order valence-corrected chi connectivity index (χ0v) is 13.0. The Morgan fingerprint density at radius 2 is 2.15 bits per heavy atom. The number of halogens is 2. The maximum Gasteiger partial charge on any atom is 0.137 e. The lowest BCUT2D eigenvalue weighted by Gasteiger charge is -2.17. The fourth-order valence-electron chi connectivity index (χ4n) is 1.98. The van der Waals surface area contributed by atoms with E-state index in [0.717, 1.165) is 21.8 Å². The van der Waals surface area contributed by atoms with Crippen LogP contribution in [0.4, 0.5) is 5.82 Å². The highest BCUT2D eigenvalue weighted by Crippen LogP contribution is 2.18. The van der Waals surface area contributed by atoms with Crippen LogP contribution in [0.2, 0.25) is 5.02 Å². The van der Waals surface area contributed by atoms with Crippen LogP contribution in [0.25, 0.3) is 5.65 Å². The van der Waals surface area contributed by atoms with Gasteiger partial charge in [0.2, 0.25) is 0 Å². The van der Waals surface area contributed by atoms with Gasteiger partial charge >= 0.3 is 0 Å². The number of hydrogen-bond donors (Lipinski definition) is 0. The Labute approximate surface area is 129 Å². The second-order valence-corrected chi connectivity index (χ2v) is 5.63. The third-order valence-electron chi connectivity index (χ3n) is 2.96. The molecular formula is C13H11BrClN5. The molecule has 0 amide bonds. The monoisotopic (exact) mass is 351 g/mol. The van der Waals surface area contributed by atoms with Crippen LogP contribution in [0.5, 0.6) is 0 Å². The van der Waals surface area contributed by atoms with Gasteiger partial charge in [0.1, 0.15) is 22.4 Å². The maximum absolute atomic E-state index is 6.03. The molecule has 0 radical (unpaired) electrons. The highest BCUT2D eigenvalue weighted by molar-refractivity contribution is 9.10. The summed E-state index contributed by atoms with van der Waals surface area (Å²) in [6.07, 6.45) is 5.24. The third kappa shape index (κ3) is 2.62. The second-order valence-electron chi connectivity index (χ2n) is 4.38. The number of rotatable bonds is 3. The molecule has 3 rings (SSSR count). The van der Waals surface area contributed by atoms with Gasteiger partial charge in [0, 0.05) is 19.3 Å². The minimum absolute atomic E-state index is 0.672. The summed E-state index contributed by atoms with van der Waals surface area (Å²) >= 11 is 9.38. The van der Waals surface area contributed by atoms with Crippen LogP contribution in [0, 0.1) is 0 Å². The molecule has 5 nitrogen and oxygen atoms in total. The van der Waals surface area contributed by atoms with Gasteiger partial charge in [-0.15, -0.1) is 0 Å². The number of nitrogens with zero attached hydrogens (tertiary/aromatic N) is 5. The molecule has 3 aromatic heterocycles. The van der Waals surface area contributed by atoms with Crippen LogP contribution in [-0.2, 0) is 6.54 Å². The van der Waals surface area contributed by atoms with Gasteiger partial charge in [-0.05, 0) is 28.1 Å². The average Bonchev–Trinajstić information content (AvgIpc) is 2.81. The van der Waals surface area contributed by atoms with Crippen molar-refractivity contribution in [1.29, 1.82) is 0 Å². The van der Waals surface area contributed by atoms with Crippen molar-refractivity contribution in [3.05, 3.63) is 52.2 Å². The van der Waals surface area contributed by atoms with Crippen molar-refractivity contribution >= 4 is 39.0 Å². The van der Waals surface area contributed by atoms with Crippen LogP contribution in [0.1, 0.15) is 5.69 Å². The molecule has 20 heavy (non-hydrogen) atoms. The topological polar surface area (TPSA) is 46.3 Å². The van der Waals surface area contributed by atoms with Gasteiger partial charge in [-0.3, -0.25) is 0 Å². The summed E-state index contributed by atoms with van der Waals surface area (Å²) in [6, 6.07) is 5.60. The minimum Gasteiger partial charge on any atom is -0.354 e. The first kappa shape index (κ1) is 13.3. The first-order chi connectivity index (χ1) is 9.63. The van der Waals surface area contributed by atoms with E-state index in [1.807, 2.05) is 46.9 Å². The van der Waals surface area contributed by atoms with Gasteiger partial charge in [-0.25, -0.2) is 15.0 Å². The summed E-state index contributed by atoms with van der Waals surface area (Å²) < 4.78 is 2.74. The summed E-state index contributed by atoms with van der Waals surface area (Å²) in [5.74, 6) is 0.837. The van der Waals surface area contributed by atoms with Gasteiger partial charge in [-0.2, -0.15) is 0 Å². The molecule has 0 saturated heterocycles. The van der Waals surface area contributed by atoms with Crippen LogP contribution < -0.4 is 4.90 Å². The molecule has 0 atom stereocenters. The van der Waals surface area contributed by atoms with Crippen LogP contribution in [0.15, 0.2) is 41.5 Å². The molecule has 0 saturated carbocycles. The zero-order valence-electron chi connectivity index (χ0n) is 10.7. The quantitative estimate of drug-likeness (QED) is 0.679. The zero-order chi connectivity index (χ0) is 14.1. The molecule has 0 bridgehead atoms. The molecule has 3 heterocycles. The predicted octanol–water partition coefficient (Wildman–Crippen LogP) is 3.18. The van der Waals surface area contributed by atoms with Crippen molar-refractivity contribution in [2.75, 3.05) is 11.9 Å². The summed E-state index contributed by atoms with van der Waals surface area (Å²) in [6.45, 7) is 0.672. The highest BCUT2D eigenvalue weighted by Gasteiger charge is 2.09. The highest BCUT2D eigenvalue weighted by atomic mass is 79.9. The Morgan fingerprint density at radius 1 is 1.30 bits per heavy atom. The number of imidazole rings is 1. The van der Waals surface area contributed by atoms with Gasteiger partial charge in [-0.1, -0.05) is 11.6 Å². The fraction of sp³-hybridized carbons (Fsp3) is 0.154. The molecular weight excluding hydrogens is 342 g/mol. The molecule has 102 valence electrons. The van der Waals surface area contributed by atoms with Gasteiger partial charge in [0.05, 0.1) is 23.5 Å². The van der Waals surface area contributed by atoms with Gasteiger partial charge < -0.3 is 9.30 Å². The molecule has 0 aliphatic rings.